The van der Waals surface area contributed by atoms with Crippen LogP contribution in [0, 0.1) is 0 Å². The topological polar surface area (TPSA) is 50.8 Å². The fourth-order valence-electron chi connectivity index (χ4n) is 2.23. The van der Waals surface area contributed by atoms with E-state index < -0.39 is 0 Å². The maximum absolute atomic E-state index is 12.4. The van der Waals surface area contributed by atoms with E-state index in [2.05, 4.69) is 32.2 Å². The third kappa shape index (κ3) is 5.22. The summed E-state index contributed by atoms with van der Waals surface area (Å²) in [5, 5.41) is 2.90. The van der Waals surface area contributed by atoms with E-state index in [-0.39, 0.29) is 5.91 Å². The monoisotopic (exact) mass is 412 g/mol. The van der Waals surface area contributed by atoms with Crippen molar-refractivity contribution >= 4 is 38.9 Å². The second-order valence-corrected chi connectivity index (χ2v) is 7.67. The number of anilines is 1. The van der Waals surface area contributed by atoms with Crippen LogP contribution in [-0.2, 0) is 11.3 Å². The van der Waals surface area contributed by atoms with Gasteiger partial charge in [-0.1, -0.05) is 6.92 Å². The second-order valence-electron chi connectivity index (χ2n) is 5.12. The first-order valence-corrected chi connectivity index (χ1v) is 9.15. The van der Waals surface area contributed by atoms with Crippen LogP contribution in [0.5, 0.6) is 11.5 Å². The molecule has 1 aromatic heterocycles. The lowest BCUT2D eigenvalue weighted by Crippen LogP contribution is -2.32. The molecular formula is C17H21BrN2O3S. The summed E-state index contributed by atoms with van der Waals surface area (Å²) >= 11 is 5.15. The number of hydrogen-bond donors (Lipinski definition) is 1. The van der Waals surface area contributed by atoms with Crippen LogP contribution in [0.15, 0.2) is 34.1 Å². The molecule has 24 heavy (non-hydrogen) atoms. The van der Waals surface area contributed by atoms with Gasteiger partial charge in [0.25, 0.3) is 0 Å². The van der Waals surface area contributed by atoms with E-state index in [9.17, 15) is 4.79 Å². The van der Waals surface area contributed by atoms with Gasteiger partial charge in [0.2, 0.25) is 5.91 Å². The average Bonchev–Trinajstić information content (AvgIpc) is 2.99. The smallest absolute Gasteiger partial charge is 0.238 e. The molecule has 2 rings (SSSR count). The van der Waals surface area contributed by atoms with Crippen molar-refractivity contribution in [2.75, 3.05) is 32.6 Å². The molecule has 1 aromatic carbocycles. The van der Waals surface area contributed by atoms with Gasteiger partial charge in [-0.25, -0.2) is 0 Å². The molecule has 0 spiro atoms. The van der Waals surface area contributed by atoms with E-state index in [4.69, 9.17) is 9.47 Å². The number of benzene rings is 1. The van der Waals surface area contributed by atoms with Crippen LogP contribution < -0.4 is 14.8 Å². The number of amides is 1. The first-order chi connectivity index (χ1) is 11.5. The Morgan fingerprint density at radius 2 is 2.04 bits per heavy atom. The molecule has 0 bridgehead atoms. The summed E-state index contributed by atoms with van der Waals surface area (Å²) in [6, 6.07) is 9.41. The molecule has 0 unspecified atom stereocenters. The number of rotatable bonds is 8. The van der Waals surface area contributed by atoms with Gasteiger partial charge in [-0.3, -0.25) is 9.69 Å². The van der Waals surface area contributed by atoms with Crippen molar-refractivity contribution in [2.45, 2.75) is 13.5 Å². The summed E-state index contributed by atoms with van der Waals surface area (Å²) in [7, 11) is 3.16. The molecule has 0 radical (unpaired) electrons. The van der Waals surface area contributed by atoms with E-state index in [1.54, 1.807) is 43.8 Å². The minimum absolute atomic E-state index is 0.0732. The molecule has 1 amide bonds. The van der Waals surface area contributed by atoms with Crippen molar-refractivity contribution in [1.29, 1.82) is 0 Å². The SMILES string of the molecule is CCN(CC(=O)Nc1ccc(OC)cc1OC)Cc1ccc(Br)s1. The summed E-state index contributed by atoms with van der Waals surface area (Å²) in [5.74, 6) is 1.19. The van der Waals surface area contributed by atoms with Crippen molar-refractivity contribution in [3.63, 3.8) is 0 Å². The molecule has 0 saturated carbocycles. The molecule has 0 aliphatic heterocycles. The number of hydrogen-bond acceptors (Lipinski definition) is 5. The highest BCUT2D eigenvalue weighted by Gasteiger charge is 2.13. The van der Waals surface area contributed by atoms with E-state index >= 15 is 0 Å². The summed E-state index contributed by atoms with van der Waals surface area (Å²) in [4.78, 5) is 15.7. The number of halogens is 1. The van der Waals surface area contributed by atoms with Crippen LogP contribution in [-0.4, -0.2) is 38.1 Å². The second kappa shape index (κ2) is 9.05. The van der Waals surface area contributed by atoms with Gasteiger partial charge >= 0.3 is 0 Å². The molecule has 0 saturated heterocycles. The minimum atomic E-state index is -0.0732. The Bertz CT molecular complexity index is 690. The van der Waals surface area contributed by atoms with E-state index in [0.29, 0.717) is 23.7 Å². The highest BCUT2D eigenvalue weighted by molar-refractivity contribution is 9.11. The van der Waals surface area contributed by atoms with Crippen molar-refractivity contribution < 1.29 is 14.3 Å². The van der Waals surface area contributed by atoms with E-state index in [0.717, 1.165) is 16.9 Å². The molecule has 1 heterocycles. The Hall–Kier alpha value is -1.57. The van der Waals surface area contributed by atoms with Gasteiger partial charge in [0.15, 0.2) is 0 Å². The summed E-state index contributed by atoms with van der Waals surface area (Å²) in [6.07, 6.45) is 0. The van der Waals surface area contributed by atoms with Crippen molar-refractivity contribution in [3.8, 4) is 11.5 Å². The normalized spacial score (nSPS) is 10.7. The maximum Gasteiger partial charge on any atom is 0.238 e. The zero-order valence-electron chi connectivity index (χ0n) is 14.0. The number of carbonyl (C=O) groups excluding carboxylic acids is 1. The Morgan fingerprint density at radius 1 is 1.25 bits per heavy atom. The van der Waals surface area contributed by atoms with Crippen molar-refractivity contribution in [1.82, 2.24) is 4.90 Å². The molecule has 0 aliphatic rings. The zero-order valence-corrected chi connectivity index (χ0v) is 16.4. The van der Waals surface area contributed by atoms with Crippen LogP contribution in [0.1, 0.15) is 11.8 Å². The minimum Gasteiger partial charge on any atom is -0.497 e. The molecule has 0 fully saturated rings. The lowest BCUT2D eigenvalue weighted by molar-refractivity contribution is -0.117. The molecule has 1 N–H and O–H groups in total. The molecule has 0 aliphatic carbocycles. The first kappa shape index (κ1) is 18.8. The molecule has 2 aromatic rings. The summed E-state index contributed by atoms with van der Waals surface area (Å²) in [6.45, 7) is 3.91. The van der Waals surface area contributed by atoms with Crippen LogP contribution in [0.2, 0.25) is 0 Å². The Morgan fingerprint density at radius 3 is 2.62 bits per heavy atom. The molecular weight excluding hydrogens is 392 g/mol. The Labute approximate surface area is 154 Å². The third-order valence-electron chi connectivity index (χ3n) is 3.51. The highest BCUT2D eigenvalue weighted by atomic mass is 79.9. The summed E-state index contributed by atoms with van der Waals surface area (Å²) in [5.41, 5.74) is 0.637. The quantitative estimate of drug-likeness (QED) is 0.711. The molecule has 0 atom stereocenters. The first-order valence-electron chi connectivity index (χ1n) is 7.54. The van der Waals surface area contributed by atoms with Gasteiger partial charge in [-0.05, 0) is 46.7 Å². The van der Waals surface area contributed by atoms with Gasteiger partial charge in [0, 0.05) is 17.5 Å². The number of carbonyl (C=O) groups is 1. The van der Waals surface area contributed by atoms with Gasteiger partial charge in [-0.15, -0.1) is 11.3 Å². The Balaban J connectivity index is 1.98. The lowest BCUT2D eigenvalue weighted by atomic mass is 10.2. The summed E-state index contributed by atoms with van der Waals surface area (Å²) < 4.78 is 11.6. The fourth-order valence-corrected chi connectivity index (χ4v) is 3.76. The maximum atomic E-state index is 12.4. The fraction of sp³-hybridized carbons (Fsp3) is 0.353. The van der Waals surface area contributed by atoms with E-state index in [1.807, 2.05) is 13.0 Å². The number of methoxy groups -OCH3 is 2. The standard InChI is InChI=1S/C17H21BrN2O3S/c1-4-20(10-13-6-8-16(18)24-13)11-17(21)19-14-7-5-12(22-2)9-15(14)23-3/h5-9H,4,10-11H2,1-3H3,(H,19,21). The number of nitrogens with zero attached hydrogens (tertiary/aromatic N) is 1. The van der Waals surface area contributed by atoms with Crippen LogP contribution in [0.3, 0.4) is 0 Å². The van der Waals surface area contributed by atoms with Gasteiger partial charge in [0.1, 0.15) is 11.5 Å². The largest absolute Gasteiger partial charge is 0.497 e. The number of ether oxygens (including phenoxy) is 2. The van der Waals surface area contributed by atoms with Gasteiger partial charge < -0.3 is 14.8 Å². The van der Waals surface area contributed by atoms with Crippen molar-refractivity contribution in [3.05, 3.63) is 39.0 Å². The van der Waals surface area contributed by atoms with Crippen LogP contribution >= 0.6 is 27.3 Å². The third-order valence-corrected chi connectivity index (χ3v) is 5.11. The molecule has 7 heteroatoms. The van der Waals surface area contributed by atoms with Crippen LogP contribution in [0.25, 0.3) is 0 Å². The number of likely N-dealkylation sites (N-methyl/N-ethyl adjacent to an activating group) is 1. The van der Waals surface area contributed by atoms with Crippen molar-refractivity contribution in [2.24, 2.45) is 0 Å². The average molecular weight is 413 g/mol. The predicted octanol–water partition coefficient (Wildman–Crippen LogP) is 3.99. The molecule has 5 nitrogen and oxygen atoms in total. The zero-order chi connectivity index (χ0) is 17.5. The molecule has 130 valence electrons. The number of nitrogens with one attached hydrogen (secondary N) is 1. The van der Waals surface area contributed by atoms with E-state index in [1.165, 1.54) is 4.88 Å². The number of thiophene rings is 1. The highest BCUT2D eigenvalue weighted by Crippen LogP contribution is 2.29. The lowest BCUT2D eigenvalue weighted by Gasteiger charge is -2.19. The van der Waals surface area contributed by atoms with Gasteiger partial charge in [0.05, 0.1) is 30.2 Å². The predicted molar refractivity (Wildman–Crippen MR) is 101 cm³/mol. The van der Waals surface area contributed by atoms with Crippen LogP contribution in [0.4, 0.5) is 5.69 Å². The Kier molecular flexibility index (Phi) is 7.08. The van der Waals surface area contributed by atoms with Gasteiger partial charge in [-0.2, -0.15) is 0 Å².